The van der Waals surface area contributed by atoms with Gasteiger partial charge in [0, 0.05) is 16.6 Å². The zero-order chi connectivity index (χ0) is 10.1. The Bertz CT molecular complexity index is 445. The first kappa shape index (κ1) is 9.27. The first-order valence-electron chi connectivity index (χ1n) is 4.22. The predicted octanol–water partition coefficient (Wildman–Crippen LogP) is 2.96. The quantitative estimate of drug-likeness (QED) is 0.720. The van der Waals surface area contributed by atoms with Gasteiger partial charge in [0.25, 0.3) is 0 Å². The highest BCUT2D eigenvalue weighted by Gasteiger charge is 2.06. The Morgan fingerprint density at radius 2 is 2.07 bits per heavy atom. The average Bonchev–Trinajstić information content (AvgIpc) is 2.47. The van der Waals surface area contributed by atoms with Gasteiger partial charge in [-0.3, -0.25) is 4.98 Å². The van der Waals surface area contributed by atoms with Crippen LogP contribution in [-0.4, -0.2) is 9.97 Å². The summed E-state index contributed by atoms with van der Waals surface area (Å²) in [5.74, 6) is -0.326. The third kappa shape index (κ3) is 1.65. The van der Waals surface area contributed by atoms with Gasteiger partial charge in [0.1, 0.15) is 10.8 Å². The number of nitrogens with zero attached hydrogens (tertiary/aromatic N) is 2. The van der Waals surface area contributed by atoms with Crippen molar-refractivity contribution >= 4 is 11.3 Å². The number of hydrogen-bond donors (Lipinski definition) is 0. The van der Waals surface area contributed by atoms with Gasteiger partial charge in [-0.1, -0.05) is 0 Å². The molecule has 0 N–H and O–H groups in total. The van der Waals surface area contributed by atoms with E-state index in [-0.39, 0.29) is 5.82 Å². The Hall–Kier alpha value is -1.29. The Kier molecular flexibility index (Phi) is 2.29. The van der Waals surface area contributed by atoms with Crippen LogP contribution in [0.2, 0.25) is 0 Å². The molecule has 0 saturated heterocycles. The Labute approximate surface area is 85.5 Å². The van der Waals surface area contributed by atoms with Crippen molar-refractivity contribution < 1.29 is 4.39 Å². The summed E-state index contributed by atoms with van der Waals surface area (Å²) in [5.41, 5.74) is 1.74. The van der Waals surface area contributed by atoms with Crippen molar-refractivity contribution in [3.63, 3.8) is 0 Å². The fourth-order valence-corrected chi connectivity index (χ4v) is 2.02. The van der Waals surface area contributed by atoms with Gasteiger partial charge in [-0.2, -0.15) is 0 Å². The van der Waals surface area contributed by atoms with Crippen LogP contribution in [0.5, 0.6) is 0 Å². The van der Waals surface area contributed by atoms with Crippen LogP contribution < -0.4 is 0 Å². The standard InChI is InChI=1S/C10H9FN2S/c1-6-7(2)14-10(13-6)8-3-9(11)5-12-4-8/h3-5H,1-2H3. The molecule has 72 valence electrons. The monoisotopic (exact) mass is 208 g/mol. The zero-order valence-electron chi connectivity index (χ0n) is 7.91. The predicted molar refractivity (Wildman–Crippen MR) is 54.8 cm³/mol. The van der Waals surface area contributed by atoms with Crippen molar-refractivity contribution in [3.05, 3.63) is 34.8 Å². The van der Waals surface area contributed by atoms with E-state index < -0.39 is 0 Å². The van der Waals surface area contributed by atoms with Gasteiger partial charge in [0.05, 0.1) is 11.9 Å². The van der Waals surface area contributed by atoms with E-state index in [1.165, 1.54) is 12.3 Å². The lowest BCUT2D eigenvalue weighted by Crippen LogP contribution is -1.82. The van der Waals surface area contributed by atoms with Crippen molar-refractivity contribution in [3.8, 4) is 10.6 Å². The van der Waals surface area contributed by atoms with Crippen molar-refractivity contribution in [2.75, 3.05) is 0 Å². The molecule has 4 heteroatoms. The third-order valence-corrected chi connectivity index (χ3v) is 3.10. The van der Waals surface area contributed by atoms with E-state index >= 15 is 0 Å². The second-order valence-electron chi connectivity index (χ2n) is 3.05. The van der Waals surface area contributed by atoms with Crippen molar-refractivity contribution in [1.29, 1.82) is 0 Å². The van der Waals surface area contributed by atoms with Gasteiger partial charge in [-0.05, 0) is 19.9 Å². The van der Waals surface area contributed by atoms with E-state index in [0.717, 1.165) is 21.1 Å². The number of thiazole rings is 1. The molecular weight excluding hydrogens is 199 g/mol. The van der Waals surface area contributed by atoms with E-state index in [2.05, 4.69) is 9.97 Å². The van der Waals surface area contributed by atoms with Gasteiger partial charge in [-0.15, -0.1) is 11.3 Å². The Morgan fingerprint density at radius 3 is 2.64 bits per heavy atom. The summed E-state index contributed by atoms with van der Waals surface area (Å²) in [7, 11) is 0. The highest BCUT2D eigenvalue weighted by Crippen LogP contribution is 2.26. The van der Waals surface area contributed by atoms with Crippen LogP contribution in [0.25, 0.3) is 10.6 Å². The molecular formula is C10H9FN2S. The maximum atomic E-state index is 12.9. The molecule has 0 bridgehead atoms. The molecule has 2 aromatic rings. The van der Waals surface area contributed by atoms with Crippen LogP contribution in [0.4, 0.5) is 4.39 Å². The van der Waals surface area contributed by atoms with Gasteiger partial charge >= 0.3 is 0 Å². The first-order valence-corrected chi connectivity index (χ1v) is 5.03. The molecule has 0 radical (unpaired) electrons. The molecule has 2 rings (SSSR count). The van der Waals surface area contributed by atoms with Gasteiger partial charge in [-0.25, -0.2) is 9.37 Å². The van der Waals surface area contributed by atoms with Gasteiger partial charge < -0.3 is 0 Å². The second kappa shape index (κ2) is 3.46. The average molecular weight is 208 g/mol. The van der Waals surface area contributed by atoms with Gasteiger partial charge in [0.15, 0.2) is 0 Å². The maximum absolute atomic E-state index is 12.9. The molecule has 2 heterocycles. The van der Waals surface area contributed by atoms with Crippen molar-refractivity contribution in [2.24, 2.45) is 0 Å². The Balaban J connectivity index is 2.49. The number of hydrogen-bond acceptors (Lipinski definition) is 3. The lowest BCUT2D eigenvalue weighted by Gasteiger charge is -1.93. The summed E-state index contributed by atoms with van der Waals surface area (Å²) in [6, 6.07) is 1.45. The maximum Gasteiger partial charge on any atom is 0.142 e. The van der Waals surface area contributed by atoms with E-state index in [9.17, 15) is 4.39 Å². The van der Waals surface area contributed by atoms with Crippen LogP contribution in [-0.2, 0) is 0 Å². The van der Waals surface area contributed by atoms with Crippen LogP contribution in [0, 0.1) is 19.7 Å². The summed E-state index contributed by atoms with van der Waals surface area (Å²) >= 11 is 1.56. The zero-order valence-corrected chi connectivity index (χ0v) is 8.73. The van der Waals surface area contributed by atoms with Crippen molar-refractivity contribution in [2.45, 2.75) is 13.8 Å². The SMILES string of the molecule is Cc1nc(-c2cncc(F)c2)sc1C. The highest BCUT2D eigenvalue weighted by molar-refractivity contribution is 7.15. The van der Waals surface area contributed by atoms with E-state index in [1.807, 2.05) is 13.8 Å². The molecule has 2 nitrogen and oxygen atoms in total. The Morgan fingerprint density at radius 1 is 1.29 bits per heavy atom. The second-order valence-corrected chi connectivity index (χ2v) is 4.26. The third-order valence-electron chi connectivity index (χ3n) is 1.98. The fraction of sp³-hybridized carbons (Fsp3) is 0.200. The molecule has 0 aromatic carbocycles. The normalized spacial score (nSPS) is 10.5. The summed E-state index contributed by atoms with van der Waals surface area (Å²) in [6.45, 7) is 3.95. The molecule has 0 aliphatic carbocycles. The largest absolute Gasteiger partial charge is 0.261 e. The lowest BCUT2D eigenvalue weighted by molar-refractivity contribution is 0.622. The molecule has 0 aliphatic heterocycles. The van der Waals surface area contributed by atoms with Crippen LogP contribution >= 0.6 is 11.3 Å². The molecule has 0 fully saturated rings. The minimum Gasteiger partial charge on any atom is -0.261 e. The lowest BCUT2D eigenvalue weighted by atomic mass is 10.3. The minimum atomic E-state index is -0.326. The van der Waals surface area contributed by atoms with Crippen LogP contribution in [0.3, 0.4) is 0 Å². The van der Waals surface area contributed by atoms with E-state index in [1.54, 1.807) is 17.5 Å². The molecule has 0 amide bonds. The minimum absolute atomic E-state index is 0.326. The fourth-order valence-electron chi connectivity index (χ4n) is 1.13. The molecule has 0 saturated carbocycles. The van der Waals surface area contributed by atoms with Crippen LogP contribution in [0.15, 0.2) is 18.5 Å². The summed E-state index contributed by atoms with van der Waals surface area (Å²) in [5, 5.41) is 0.826. The topological polar surface area (TPSA) is 25.8 Å². The number of halogens is 1. The molecule has 14 heavy (non-hydrogen) atoms. The molecule has 0 aliphatic rings. The summed E-state index contributed by atoms with van der Waals surface area (Å²) in [6.07, 6.45) is 2.82. The van der Waals surface area contributed by atoms with Gasteiger partial charge in [0.2, 0.25) is 0 Å². The summed E-state index contributed by atoms with van der Waals surface area (Å²) < 4.78 is 12.9. The summed E-state index contributed by atoms with van der Waals surface area (Å²) in [4.78, 5) is 9.28. The number of aromatic nitrogens is 2. The number of aryl methyl sites for hydroxylation is 2. The smallest absolute Gasteiger partial charge is 0.142 e. The molecule has 0 atom stereocenters. The van der Waals surface area contributed by atoms with E-state index in [0.29, 0.717) is 0 Å². The highest BCUT2D eigenvalue weighted by atomic mass is 32.1. The molecule has 2 aromatic heterocycles. The van der Waals surface area contributed by atoms with Crippen molar-refractivity contribution in [1.82, 2.24) is 9.97 Å². The van der Waals surface area contributed by atoms with Crippen LogP contribution in [0.1, 0.15) is 10.6 Å². The first-order chi connectivity index (χ1) is 6.66. The molecule has 0 spiro atoms. The number of pyridine rings is 1. The van der Waals surface area contributed by atoms with E-state index in [4.69, 9.17) is 0 Å². The number of rotatable bonds is 1. The molecule has 0 unspecified atom stereocenters.